The zero-order valence-corrected chi connectivity index (χ0v) is 11.2. The van der Waals surface area contributed by atoms with E-state index in [1.165, 1.54) is 6.92 Å². The highest BCUT2D eigenvalue weighted by atomic mass is 79.9. The molecule has 0 atom stereocenters. The van der Waals surface area contributed by atoms with Gasteiger partial charge in [0, 0.05) is 10.0 Å². The number of hydrogen-bond acceptors (Lipinski definition) is 4. The van der Waals surface area contributed by atoms with Gasteiger partial charge in [-0.3, -0.25) is 4.79 Å². The molecule has 0 aliphatic carbocycles. The number of carbonyl (C=O) groups excluding carboxylic acids is 1. The van der Waals surface area contributed by atoms with Crippen molar-refractivity contribution in [2.24, 2.45) is 0 Å². The van der Waals surface area contributed by atoms with E-state index in [4.69, 9.17) is 16.1 Å². The van der Waals surface area contributed by atoms with Crippen molar-refractivity contribution in [1.82, 2.24) is 10.1 Å². The van der Waals surface area contributed by atoms with Crippen molar-refractivity contribution in [3.63, 3.8) is 0 Å². The van der Waals surface area contributed by atoms with Gasteiger partial charge in [0.05, 0.1) is 11.4 Å². The molecule has 0 amide bonds. The molecule has 0 spiro atoms. The normalized spacial score (nSPS) is 10.5. The highest BCUT2D eigenvalue weighted by Gasteiger charge is 2.11. The molecular weight excluding hydrogens is 307 g/mol. The standard InChI is InChI=1S/C11H8BrClN2O2/c1-6(16)4-10-14-11(15-17-10)7-2-3-9(13)8(12)5-7/h2-3,5H,4H2,1H3. The zero-order chi connectivity index (χ0) is 12.4. The first-order valence-electron chi connectivity index (χ1n) is 4.83. The third kappa shape index (κ3) is 2.92. The van der Waals surface area contributed by atoms with E-state index >= 15 is 0 Å². The van der Waals surface area contributed by atoms with Crippen LogP contribution in [0.2, 0.25) is 5.02 Å². The summed E-state index contributed by atoms with van der Waals surface area (Å²) in [5.41, 5.74) is 0.778. The van der Waals surface area contributed by atoms with Crippen LogP contribution in [0.4, 0.5) is 0 Å². The molecule has 17 heavy (non-hydrogen) atoms. The molecule has 1 aromatic carbocycles. The Hall–Kier alpha value is -1.20. The number of benzene rings is 1. The van der Waals surface area contributed by atoms with Gasteiger partial charge in [-0.15, -0.1) is 0 Å². The highest BCUT2D eigenvalue weighted by Crippen LogP contribution is 2.27. The van der Waals surface area contributed by atoms with Gasteiger partial charge in [0.15, 0.2) is 0 Å². The van der Waals surface area contributed by atoms with E-state index in [9.17, 15) is 4.79 Å². The molecule has 0 saturated heterocycles. The van der Waals surface area contributed by atoms with Crippen LogP contribution < -0.4 is 0 Å². The van der Waals surface area contributed by atoms with Gasteiger partial charge in [-0.2, -0.15) is 4.98 Å². The number of hydrogen-bond donors (Lipinski definition) is 0. The van der Waals surface area contributed by atoms with E-state index in [2.05, 4.69) is 26.1 Å². The molecule has 1 aromatic heterocycles. The second-order valence-electron chi connectivity index (χ2n) is 3.52. The number of rotatable bonds is 3. The Kier molecular flexibility index (Phi) is 3.59. The van der Waals surface area contributed by atoms with Crippen molar-refractivity contribution in [2.45, 2.75) is 13.3 Å². The molecule has 2 rings (SSSR count). The Labute approximate surface area is 111 Å². The van der Waals surface area contributed by atoms with Gasteiger partial charge >= 0.3 is 0 Å². The third-order valence-corrected chi connectivity index (χ3v) is 3.26. The summed E-state index contributed by atoms with van der Waals surface area (Å²) >= 11 is 9.20. The molecule has 0 unspecified atom stereocenters. The topological polar surface area (TPSA) is 56.0 Å². The number of carbonyl (C=O) groups is 1. The van der Waals surface area contributed by atoms with Crippen LogP contribution in [-0.2, 0) is 11.2 Å². The molecule has 2 aromatic rings. The van der Waals surface area contributed by atoms with Gasteiger partial charge in [0.2, 0.25) is 11.7 Å². The number of aromatic nitrogens is 2. The van der Waals surface area contributed by atoms with Crippen LogP contribution in [0.5, 0.6) is 0 Å². The summed E-state index contributed by atoms with van der Waals surface area (Å²) in [5, 5.41) is 4.42. The van der Waals surface area contributed by atoms with Crippen LogP contribution in [0.1, 0.15) is 12.8 Å². The Morgan fingerprint density at radius 1 is 1.53 bits per heavy atom. The molecule has 0 saturated carbocycles. The lowest BCUT2D eigenvalue weighted by molar-refractivity contribution is -0.116. The molecule has 0 bridgehead atoms. The lowest BCUT2D eigenvalue weighted by Crippen LogP contribution is -1.96. The molecule has 0 radical (unpaired) electrons. The van der Waals surface area contributed by atoms with Crippen LogP contribution in [0.15, 0.2) is 27.2 Å². The molecule has 6 heteroatoms. The monoisotopic (exact) mass is 314 g/mol. The third-order valence-electron chi connectivity index (χ3n) is 2.05. The molecule has 88 valence electrons. The van der Waals surface area contributed by atoms with Gasteiger partial charge in [-0.05, 0) is 41.1 Å². The van der Waals surface area contributed by atoms with Crippen LogP contribution in [-0.4, -0.2) is 15.9 Å². The molecule has 0 N–H and O–H groups in total. The SMILES string of the molecule is CC(=O)Cc1nc(-c2ccc(Cl)c(Br)c2)no1. The fourth-order valence-electron chi connectivity index (χ4n) is 1.29. The van der Waals surface area contributed by atoms with Crippen LogP contribution >= 0.6 is 27.5 Å². The maximum atomic E-state index is 10.9. The summed E-state index contributed by atoms with van der Waals surface area (Å²) < 4.78 is 5.73. The van der Waals surface area contributed by atoms with Crippen LogP contribution in [0.25, 0.3) is 11.4 Å². The summed E-state index contributed by atoms with van der Waals surface area (Å²) in [6.07, 6.45) is 0.155. The zero-order valence-electron chi connectivity index (χ0n) is 8.91. The lowest BCUT2D eigenvalue weighted by Gasteiger charge is -1.97. The fourth-order valence-corrected chi connectivity index (χ4v) is 1.79. The van der Waals surface area contributed by atoms with Gasteiger partial charge in [0.25, 0.3) is 0 Å². The van der Waals surface area contributed by atoms with E-state index < -0.39 is 0 Å². The predicted molar refractivity (Wildman–Crippen MR) is 66.8 cm³/mol. The molecule has 0 aliphatic heterocycles. The quantitative estimate of drug-likeness (QED) is 0.872. The summed E-state index contributed by atoms with van der Waals surface area (Å²) in [6.45, 7) is 1.47. The molecule has 1 heterocycles. The van der Waals surface area contributed by atoms with E-state index in [1.807, 2.05) is 0 Å². The van der Waals surface area contributed by atoms with Gasteiger partial charge in [-0.1, -0.05) is 16.8 Å². The maximum absolute atomic E-state index is 10.9. The minimum Gasteiger partial charge on any atom is -0.339 e. The van der Waals surface area contributed by atoms with Gasteiger partial charge in [0.1, 0.15) is 5.78 Å². The van der Waals surface area contributed by atoms with E-state index in [1.54, 1.807) is 18.2 Å². The Balaban J connectivity index is 2.30. The number of nitrogens with zero attached hydrogens (tertiary/aromatic N) is 2. The van der Waals surface area contributed by atoms with Crippen molar-refractivity contribution in [3.8, 4) is 11.4 Å². The summed E-state index contributed by atoms with van der Waals surface area (Å²) in [4.78, 5) is 15.0. The smallest absolute Gasteiger partial charge is 0.234 e. The Morgan fingerprint density at radius 3 is 2.94 bits per heavy atom. The maximum Gasteiger partial charge on any atom is 0.234 e. The second-order valence-corrected chi connectivity index (χ2v) is 4.78. The van der Waals surface area contributed by atoms with E-state index in [-0.39, 0.29) is 12.2 Å². The minimum absolute atomic E-state index is 0.0162. The van der Waals surface area contributed by atoms with Crippen LogP contribution in [0, 0.1) is 0 Å². The molecular formula is C11H8BrClN2O2. The fraction of sp³-hybridized carbons (Fsp3) is 0.182. The highest BCUT2D eigenvalue weighted by molar-refractivity contribution is 9.10. The van der Waals surface area contributed by atoms with Gasteiger partial charge in [-0.25, -0.2) is 0 Å². The van der Waals surface area contributed by atoms with Gasteiger partial charge < -0.3 is 4.52 Å². The van der Waals surface area contributed by atoms with Crippen molar-refractivity contribution in [3.05, 3.63) is 33.6 Å². The Morgan fingerprint density at radius 2 is 2.29 bits per heavy atom. The predicted octanol–water partition coefficient (Wildman–Crippen LogP) is 3.28. The summed E-state index contributed by atoms with van der Waals surface area (Å²) in [6, 6.07) is 5.32. The van der Waals surface area contributed by atoms with Crippen molar-refractivity contribution >= 4 is 33.3 Å². The summed E-state index contributed by atoms with van der Waals surface area (Å²) in [5.74, 6) is 0.745. The first-order valence-corrected chi connectivity index (χ1v) is 6.01. The lowest BCUT2D eigenvalue weighted by atomic mass is 10.2. The molecule has 0 aliphatic rings. The molecule has 0 fully saturated rings. The second kappa shape index (κ2) is 4.98. The minimum atomic E-state index is -0.0162. The number of Topliss-reactive ketones (excluding diaryl/α,β-unsaturated/α-hetero) is 1. The number of halogens is 2. The van der Waals surface area contributed by atoms with Crippen molar-refractivity contribution in [1.29, 1.82) is 0 Å². The van der Waals surface area contributed by atoms with Crippen molar-refractivity contribution < 1.29 is 9.32 Å². The Bertz CT molecular complexity index is 568. The summed E-state index contributed by atoms with van der Waals surface area (Å²) in [7, 11) is 0. The van der Waals surface area contributed by atoms with E-state index in [0.717, 1.165) is 10.0 Å². The van der Waals surface area contributed by atoms with E-state index in [0.29, 0.717) is 16.7 Å². The average molecular weight is 316 g/mol. The van der Waals surface area contributed by atoms with Crippen molar-refractivity contribution in [2.75, 3.05) is 0 Å². The first-order chi connectivity index (χ1) is 8.06. The molecule has 4 nitrogen and oxygen atoms in total. The largest absolute Gasteiger partial charge is 0.339 e. The first kappa shape index (κ1) is 12.3. The average Bonchev–Trinajstić information content (AvgIpc) is 2.69. The van der Waals surface area contributed by atoms with Crippen LogP contribution in [0.3, 0.4) is 0 Å². The number of ketones is 1.